The van der Waals surface area contributed by atoms with Crippen LogP contribution in [0.4, 0.5) is 0 Å². The van der Waals surface area contributed by atoms with Crippen molar-refractivity contribution in [2.45, 2.75) is 25.9 Å². The number of aromatic nitrogens is 2. The van der Waals surface area contributed by atoms with Gasteiger partial charge in [0.05, 0.1) is 31.5 Å². The molecule has 0 amide bonds. The number of rotatable bonds is 6. The van der Waals surface area contributed by atoms with Crippen molar-refractivity contribution >= 4 is 17.3 Å². The lowest BCUT2D eigenvalue weighted by molar-refractivity contribution is 0.223. The summed E-state index contributed by atoms with van der Waals surface area (Å²) in [7, 11) is 1.67. The molecule has 0 aliphatic carbocycles. The molecule has 0 radical (unpaired) electrons. The fraction of sp³-hybridized carbons (Fsp3) is 0.304. The van der Waals surface area contributed by atoms with Gasteiger partial charge in [0.1, 0.15) is 5.75 Å². The Bertz CT molecular complexity index is 1030. The van der Waals surface area contributed by atoms with E-state index in [1.807, 2.05) is 30.3 Å². The van der Waals surface area contributed by atoms with Crippen LogP contribution in [0.3, 0.4) is 0 Å². The first-order valence-corrected chi connectivity index (χ1v) is 10.4. The van der Waals surface area contributed by atoms with Crippen molar-refractivity contribution in [3.05, 3.63) is 77.4 Å². The van der Waals surface area contributed by atoms with Crippen LogP contribution >= 0.6 is 12.2 Å². The van der Waals surface area contributed by atoms with Gasteiger partial charge in [0.25, 0.3) is 0 Å². The SMILES string of the molecule is COc1ccc(-n2c(C)cc([C@H]3[C@@H](c4ccccn4)NC(=S)N3CCO)c2C)cc1. The number of hydrogen-bond acceptors (Lipinski definition) is 4. The number of aliphatic hydroxyl groups is 1. The molecule has 2 N–H and O–H groups in total. The number of aliphatic hydroxyl groups excluding tert-OH is 1. The van der Waals surface area contributed by atoms with Crippen LogP contribution in [-0.2, 0) is 0 Å². The van der Waals surface area contributed by atoms with Crippen molar-refractivity contribution < 1.29 is 9.84 Å². The van der Waals surface area contributed by atoms with Gasteiger partial charge in [-0.25, -0.2) is 0 Å². The third-order valence-electron chi connectivity index (χ3n) is 5.66. The lowest BCUT2D eigenvalue weighted by Gasteiger charge is -2.27. The van der Waals surface area contributed by atoms with Gasteiger partial charge in [-0.1, -0.05) is 6.07 Å². The zero-order chi connectivity index (χ0) is 21.3. The van der Waals surface area contributed by atoms with Gasteiger partial charge in [-0.15, -0.1) is 0 Å². The third kappa shape index (κ3) is 3.55. The van der Waals surface area contributed by atoms with Gasteiger partial charge in [0.2, 0.25) is 0 Å². The Hall–Kier alpha value is -2.90. The lowest BCUT2D eigenvalue weighted by Crippen LogP contribution is -2.32. The van der Waals surface area contributed by atoms with Crippen molar-refractivity contribution in [1.82, 2.24) is 19.8 Å². The highest BCUT2D eigenvalue weighted by Crippen LogP contribution is 2.41. The molecule has 0 bridgehead atoms. The molecule has 3 heterocycles. The van der Waals surface area contributed by atoms with E-state index in [1.54, 1.807) is 13.3 Å². The van der Waals surface area contributed by atoms with Crippen LogP contribution in [0.5, 0.6) is 5.75 Å². The molecule has 2 atom stereocenters. The van der Waals surface area contributed by atoms with Crippen LogP contribution in [0.1, 0.15) is 34.7 Å². The lowest BCUT2D eigenvalue weighted by atomic mass is 9.97. The topological polar surface area (TPSA) is 62.5 Å². The Kier molecular flexibility index (Phi) is 5.74. The maximum atomic E-state index is 9.66. The molecule has 7 heteroatoms. The van der Waals surface area contributed by atoms with Crippen LogP contribution in [0.2, 0.25) is 0 Å². The number of methoxy groups -OCH3 is 1. The molecule has 1 aliphatic rings. The van der Waals surface area contributed by atoms with Gasteiger partial charge in [0.15, 0.2) is 5.11 Å². The minimum absolute atomic E-state index is 0.0322. The van der Waals surface area contributed by atoms with Gasteiger partial charge in [-0.05, 0) is 74.1 Å². The molecule has 1 fully saturated rings. The van der Waals surface area contributed by atoms with E-state index >= 15 is 0 Å². The summed E-state index contributed by atoms with van der Waals surface area (Å²) < 4.78 is 7.54. The summed E-state index contributed by atoms with van der Waals surface area (Å²) >= 11 is 5.62. The quantitative estimate of drug-likeness (QED) is 0.593. The molecule has 6 nitrogen and oxygen atoms in total. The normalized spacial score (nSPS) is 18.5. The molecule has 1 aliphatic heterocycles. The van der Waals surface area contributed by atoms with E-state index in [4.69, 9.17) is 17.0 Å². The molecule has 30 heavy (non-hydrogen) atoms. The van der Waals surface area contributed by atoms with Crippen LogP contribution in [0.15, 0.2) is 54.7 Å². The molecule has 4 rings (SSSR count). The average molecular weight is 423 g/mol. The van der Waals surface area contributed by atoms with E-state index in [2.05, 4.69) is 51.8 Å². The second-order valence-corrected chi connectivity index (χ2v) is 7.79. The van der Waals surface area contributed by atoms with Gasteiger partial charge in [-0.3, -0.25) is 4.98 Å². The van der Waals surface area contributed by atoms with Crippen molar-refractivity contribution in [1.29, 1.82) is 0 Å². The number of pyridine rings is 1. The van der Waals surface area contributed by atoms with E-state index in [-0.39, 0.29) is 18.7 Å². The second-order valence-electron chi connectivity index (χ2n) is 7.40. The first kappa shape index (κ1) is 20.4. The molecule has 1 aromatic carbocycles. The summed E-state index contributed by atoms with van der Waals surface area (Å²) in [6.07, 6.45) is 1.80. The summed E-state index contributed by atoms with van der Waals surface area (Å²) in [5.74, 6) is 0.830. The number of aryl methyl sites for hydroxylation is 1. The number of nitrogens with one attached hydrogen (secondary N) is 1. The first-order valence-electron chi connectivity index (χ1n) is 9.97. The maximum absolute atomic E-state index is 9.66. The molecule has 156 valence electrons. The monoisotopic (exact) mass is 422 g/mol. The van der Waals surface area contributed by atoms with Crippen molar-refractivity contribution in [3.8, 4) is 11.4 Å². The standard InChI is InChI=1S/C23H26N4O2S/c1-15-14-19(16(2)27(15)17-7-9-18(29-3)10-8-17)22-21(20-6-4-5-11-24-20)25-23(30)26(22)12-13-28/h4-11,14,21-22,28H,12-13H2,1-3H3,(H,25,30)/t21-,22+/m1/s1. The molecular weight excluding hydrogens is 396 g/mol. The molecule has 0 unspecified atom stereocenters. The van der Waals surface area contributed by atoms with Crippen molar-refractivity contribution in [2.24, 2.45) is 0 Å². The summed E-state index contributed by atoms with van der Waals surface area (Å²) in [5, 5.41) is 13.7. The van der Waals surface area contributed by atoms with Crippen LogP contribution in [0, 0.1) is 13.8 Å². The van der Waals surface area contributed by atoms with Gasteiger partial charge in [-0.2, -0.15) is 0 Å². The van der Waals surface area contributed by atoms with Gasteiger partial charge < -0.3 is 24.6 Å². The van der Waals surface area contributed by atoms with E-state index in [0.717, 1.165) is 28.5 Å². The van der Waals surface area contributed by atoms with E-state index in [9.17, 15) is 5.11 Å². The predicted octanol–water partition coefficient (Wildman–Crippen LogP) is 3.46. The zero-order valence-corrected chi connectivity index (χ0v) is 18.2. The fourth-order valence-electron chi connectivity index (χ4n) is 4.31. The second kappa shape index (κ2) is 8.45. The third-order valence-corrected chi connectivity index (χ3v) is 6.01. The Morgan fingerprint density at radius 1 is 1.17 bits per heavy atom. The number of thiocarbonyl (C=S) groups is 1. The Labute approximate surface area is 182 Å². The smallest absolute Gasteiger partial charge is 0.170 e. The number of β-amino-alcohol motifs (C(OH)–C–C–N with tert-alkyl or cyclic N) is 1. The molecule has 0 spiro atoms. The Morgan fingerprint density at radius 3 is 2.57 bits per heavy atom. The highest BCUT2D eigenvalue weighted by Gasteiger charge is 2.41. The molecular formula is C23H26N4O2S. The maximum Gasteiger partial charge on any atom is 0.170 e. The van der Waals surface area contributed by atoms with E-state index in [1.165, 1.54) is 5.56 Å². The van der Waals surface area contributed by atoms with Crippen LogP contribution in [-0.4, -0.2) is 44.9 Å². The molecule has 2 aromatic heterocycles. The summed E-state index contributed by atoms with van der Waals surface area (Å²) in [6, 6.07) is 16.0. The van der Waals surface area contributed by atoms with Crippen LogP contribution in [0.25, 0.3) is 5.69 Å². The summed E-state index contributed by atoms with van der Waals surface area (Å²) in [4.78, 5) is 6.63. The summed E-state index contributed by atoms with van der Waals surface area (Å²) in [6.45, 7) is 4.73. The molecule has 3 aromatic rings. The van der Waals surface area contributed by atoms with Gasteiger partial charge in [0, 0.05) is 29.8 Å². The minimum atomic E-state index is -0.0879. The highest BCUT2D eigenvalue weighted by atomic mass is 32.1. The van der Waals surface area contributed by atoms with E-state index in [0.29, 0.717) is 11.7 Å². The summed E-state index contributed by atoms with van der Waals surface area (Å²) in [5.41, 5.74) is 5.44. The fourth-order valence-corrected chi connectivity index (χ4v) is 4.64. The van der Waals surface area contributed by atoms with Gasteiger partial charge >= 0.3 is 0 Å². The number of hydrogen-bond donors (Lipinski definition) is 2. The average Bonchev–Trinajstić information content (AvgIpc) is 3.24. The molecule has 1 saturated heterocycles. The Balaban J connectivity index is 1.80. The zero-order valence-electron chi connectivity index (χ0n) is 17.4. The van der Waals surface area contributed by atoms with E-state index < -0.39 is 0 Å². The number of benzene rings is 1. The van der Waals surface area contributed by atoms with Crippen LogP contribution < -0.4 is 10.1 Å². The highest BCUT2D eigenvalue weighted by molar-refractivity contribution is 7.80. The molecule has 0 saturated carbocycles. The van der Waals surface area contributed by atoms with Crippen molar-refractivity contribution in [2.75, 3.05) is 20.3 Å². The minimum Gasteiger partial charge on any atom is -0.497 e. The first-order chi connectivity index (χ1) is 14.5. The number of nitrogens with zero attached hydrogens (tertiary/aromatic N) is 3. The predicted molar refractivity (Wildman–Crippen MR) is 121 cm³/mol. The number of ether oxygens (including phenoxy) is 1. The Morgan fingerprint density at radius 2 is 1.93 bits per heavy atom. The van der Waals surface area contributed by atoms with Crippen molar-refractivity contribution in [3.63, 3.8) is 0 Å². The largest absolute Gasteiger partial charge is 0.497 e.